The van der Waals surface area contributed by atoms with Crippen molar-refractivity contribution in [1.82, 2.24) is 4.98 Å². The Balaban J connectivity index is 2.25. The highest BCUT2D eigenvalue weighted by molar-refractivity contribution is 9.10. The van der Waals surface area contributed by atoms with Crippen LogP contribution in [-0.2, 0) is 0 Å². The van der Waals surface area contributed by atoms with E-state index in [2.05, 4.69) is 31.7 Å². The number of hydrogen-bond donors (Lipinski definition) is 3. The Kier molecular flexibility index (Phi) is 4.31. The van der Waals surface area contributed by atoms with E-state index in [4.69, 9.17) is 5.84 Å². The van der Waals surface area contributed by atoms with Crippen LogP contribution in [0.3, 0.4) is 0 Å². The molecule has 7 heteroatoms. The first-order chi connectivity index (χ1) is 9.51. The molecule has 1 amide bonds. The lowest BCUT2D eigenvalue weighted by molar-refractivity contribution is 0.102. The normalized spacial score (nSPS) is 10.2. The Morgan fingerprint density at radius 3 is 2.85 bits per heavy atom. The van der Waals surface area contributed by atoms with E-state index in [9.17, 15) is 9.18 Å². The van der Waals surface area contributed by atoms with Gasteiger partial charge in [-0.1, -0.05) is 6.07 Å². The summed E-state index contributed by atoms with van der Waals surface area (Å²) in [5.41, 5.74) is 3.70. The highest BCUT2D eigenvalue weighted by Gasteiger charge is 2.11. The van der Waals surface area contributed by atoms with Crippen molar-refractivity contribution in [3.05, 3.63) is 51.9 Å². The summed E-state index contributed by atoms with van der Waals surface area (Å²) in [5.74, 6) is 4.84. The third kappa shape index (κ3) is 3.12. The molecule has 0 unspecified atom stereocenters. The summed E-state index contributed by atoms with van der Waals surface area (Å²) in [6, 6.07) is 7.70. The summed E-state index contributed by atoms with van der Waals surface area (Å²) >= 11 is 3.08. The number of rotatable bonds is 3. The van der Waals surface area contributed by atoms with Gasteiger partial charge in [0.15, 0.2) is 0 Å². The molecule has 0 bridgehead atoms. The summed E-state index contributed by atoms with van der Waals surface area (Å²) in [5, 5.41) is 2.68. The van der Waals surface area contributed by atoms with Gasteiger partial charge in [-0.05, 0) is 52.7 Å². The van der Waals surface area contributed by atoms with Gasteiger partial charge in [-0.3, -0.25) is 4.79 Å². The number of benzene rings is 1. The van der Waals surface area contributed by atoms with Crippen molar-refractivity contribution >= 4 is 33.3 Å². The Morgan fingerprint density at radius 1 is 1.40 bits per heavy atom. The van der Waals surface area contributed by atoms with Crippen molar-refractivity contribution in [2.75, 3.05) is 10.7 Å². The van der Waals surface area contributed by atoms with E-state index in [1.165, 1.54) is 12.1 Å². The van der Waals surface area contributed by atoms with Gasteiger partial charge in [0.05, 0.1) is 4.47 Å². The highest BCUT2D eigenvalue weighted by atomic mass is 79.9. The Morgan fingerprint density at radius 2 is 2.15 bits per heavy atom. The zero-order chi connectivity index (χ0) is 14.7. The number of halogens is 2. The van der Waals surface area contributed by atoms with E-state index in [1.54, 1.807) is 25.1 Å². The maximum Gasteiger partial charge on any atom is 0.274 e. The van der Waals surface area contributed by atoms with Gasteiger partial charge < -0.3 is 10.7 Å². The van der Waals surface area contributed by atoms with Gasteiger partial charge >= 0.3 is 0 Å². The van der Waals surface area contributed by atoms with E-state index < -0.39 is 5.91 Å². The maximum atomic E-state index is 13.3. The smallest absolute Gasteiger partial charge is 0.274 e. The summed E-state index contributed by atoms with van der Waals surface area (Å²) in [6.07, 6.45) is 0. The number of hydrazine groups is 1. The molecule has 1 aromatic heterocycles. The van der Waals surface area contributed by atoms with Crippen molar-refractivity contribution in [2.45, 2.75) is 6.92 Å². The number of nitrogen functional groups attached to an aromatic ring is 1. The molecule has 2 aromatic rings. The second-order valence-electron chi connectivity index (χ2n) is 4.09. The van der Waals surface area contributed by atoms with Crippen LogP contribution in [0.25, 0.3) is 0 Å². The Hall–Kier alpha value is -1.99. The highest BCUT2D eigenvalue weighted by Crippen LogP contribution is 2.24. The first-order valence-corrected chi connectivity index (χ1v) is 6.51. The second kappa shape index (κ2) is 5.98. The standard InChI is InChI=1S/C13H12BrFN4O/c1-7-5-9(15)8(14)6-11(7)18-13(20)10-3-2-4-12(17-10)19-16/h2-6H,16H2,1H3,(H,17,19)(H,18,20). The van der Waals surface area contributed by atoms with E-state index >= 15 is 0 Å². The van der Waals surface area contributed by atoms with Crippen LogP contribution in [0.15, 0.2) is 34.8 Å². The minimum absolute atomic E-state index is 0.209. The molecule has 4 N–H and O–H groups in total. The fourth-order valence-corrected chi connectivity index (χ4v) is 1.95. The molecule has 1 aromatic carbocycles. The van der Waals surface area contributed by atoms with Crippen LogP contribution in [-0.4, -0.2) is 10.9 Å². The zero-order valence-electron chi connectivity index (χ0n) is 10.6. The van der Waals surface area contributed by atoms with Gasteiger partial charge in [0.2, 0.25) is 0 Å². The van der Waals surface area contributed by atoms with Crippen LogP contribution in [0.4, 0.5) is 15.9 Å². The molecular weight excluding hydrogens is 327 g/mol. The zero-order valence-corrected chi connectivity index (χ0v) is 12.2. The lowest BCUT2D eigenvalue weighted by Crippen LogP contribution is -2.16. The molecule has 0 aliphatic heterocycles. The minimum Gasteiger partial charge on any atom is -0.320 e. The number of amides is 1. The summed E-state index contributed by atoms with van der Waals surface area (Å²) in [7, 11) is 0. The number of nitrogens with zero attached hydrogens (tertiary/aromatic N) is 1. The fourth-order valence-electron chi connectivity index (χ4n) is 1.61. The van der Waals surface area contributed by atoms with Crippen LogP contribution in [0, 0.1) is 12.7 Å². The van der Waals surface area contributed by atoms with E-state index in [0.29, 0.717) is 17.1 Å². The molecule has 5 nitrogen and oxygen atoms in total. The van der Waals surface area contributed by atoms with Gasteiger partial charge in [-0.2, -0.15) is 0 Å². The van der Waals surface area contributed by atoms with Crippen LogP contribution >= 0.6 is 15.9 Å². The van der Waals surface area contributed by atoms with Crippen molar-refractivity contribution in [1.29, 1.82) is 0 Å². The van der Waals surface area contributed by atoms with E-state index in [-0.39, 0.29) is 16.0 Å². The topological polar surface area (TPSA) is 80.0 Å². The van der Waals surface area contributed by atoms with Crippen molar-refractivity contribution in [2.24, 2.45) is 5.84 Å². The second-order valence-corrected chi connectivity index (χ2v) is 4.94. The van der Waals surface area contributed by atoms with Crippen LogP contribution < -0.4 is 16.6 Å². The average molecular weight is 339 g/mol. The molecule has 0 saturated carbocycles. The first-order valence-electron chi connectivity index (χ1n) is 5.72. The van der Waals surface area contributed by atoms with Gasteiger partial charge in [0.25, 0.3) is 5.91 Å². The number of carbonyl (C=O) groups excluding carboxylic acids is 1. The fraction of sp³-hybridized carbons (Fsp3) is 0.0769. The molecule has 20 heavy (non-hydrogen) atoms. The monoisotopic (exact) mass is 338 g/mol. The molecule has 0 radical (unpaired) electrons. The van der Waals surface area contributed by atoms with Gasteiger partial charge in [-0.25, -0.2) is 15.2 Å². The van der Waals surface area contributed by atoms with Crippen LogP contribution in [0.2, 0.25) is 0 Å². The van der Waals surface area contributed by atoms with E-state index in [1.807, 2.05) is 0 Å². The van der Waals surface area contributed by atoms with E-state index in [0.717, 1.165) is 0 Å². The van der Waals surface area contributed by atoms with Crippen LogP contribution in [0.5, 0.6) is 0 Å². The third-order valence-electron chi connectivity index (χ3n) is 2.65. The third-order valence-corrected chi connectivity index (χ3v) is 3.25. The summed E-state index contributed by atoms with van der Waals surface area (Å²) in [4.78, 5) is 16.1. The lowest BCUT2D eigenvalue weighted by Gasteiger charge is -2.09. The minimum atomic E-state index is -0.399. The maximum absolute atomic E-state index is 13.3. The predicted molar refractivity (Wildman–Crippen MR) is 78.8 cm³/mol. The molecule has 1 heterocycles. The molecule has 0 aliphatic carbocycles. The number of aryl methyl sites for hydroxylation is 1. The molecule has 2 rings (SSSR count). The summed E-state index contributed by atoms with van der Waals surface area (Å²) in [6.45, 7) is 1.70. The largest absolute Gasteiger partial charge is 0.320 e. The number of pyridine rings is 1. The van der Waals surface area contributed by atoms with Gasteiger partial charge in [-0.15, -0.1) is 0 Å². The molecule has 0 aliphatic rings. The van der Waals surface area contributed by atoms with Gasteiger partial charge in [0.1, 0.15) is 17.3 Å². The summed E-state index contributed by atoms with van der Waals surface area (Å²) < 4.78 is 13.6. The number of aromatic nitrogens is 1. The van der Waals surface area contributed by atoms with Crippen LogP contribution in [0.1, 0.15) is 16.1 Å². The molecule has 0 saturated heterocycles. The molecular formula is C13H12BrFN4O. The van der Waals surface area contributed by atoms with Crippen molar-refractivity contribution in [3.63, 3.8) is 0 Å². The number of nitrogens with one attached hydrogen (secondary N) is 2. The quantitative estimate of drug-likeness (QED) is 0.593. The number of carbonyl (C=O) groups is 1. The molecule has 104 valence electrons. The molecule has 0 fully saturated rings. The number of nitrogens with two attached hydrogens (primary N) is 1. The lowest BCUT2D eigenvalue weighted by atomic mass is 10.2. The van der Waals surface area contributed by atoms with Gasteiger partial charge in [0, 0.05) is 5.69 Å². The van der Waals surface area contributed by atoms with Crippen molar-refractivity contribution < 1.29 is 9.18 Å². The molecule has 0 atom stereocenters. The Bertz CT molecular complexity index is 663. The Labute approximate surface area is 123 Å². The number of anilines is 2. The number of hydrogen-bond acceptors (Lipinski definition) is 4. The van der Waals surface area contributed by atoms with Crippen molar-refractivity contribution in [3.8, 4) is 0 Å². The first kappa shape index (κ1) is 14.4. The average Bonchev–Trinajstić information content (AvgIpc) is 2.44. The molecule has 0 spiro atoms. The SMILES string of the molecule is Cc1cc(F)c(Br)cc1NC(=O)c1cccc(NN)n1. The predicted octanol–water partition coefficient (Wildman–Crippen LogP) is 2.83.